The van der Waals surface area contributed by atoms with E-state index in [1.165, 1.54) is 0 Å². The average molecular weight is 666 g/mol. The Hall–Kier alpha value is -4.61. The van der Waals surface area contributed by atoms with E-state index in [1.54, 1.807) is 30.5 Å². The van der Waals surface area contributed by atoms with Crippen LogP contribution in [-0.2, 0) is 40.7 Å². The van der Waals surface area contributed by atoms with E-state index in [4.69, 9.17) is 0 Å². The molecule has 0 bridgehead atoms. The Balaban J connectivity index is 1.05. The van der Waals surface area contributed by atoms with Crippen molar-refractivity contribution >= 4 is 15.9 Å². The summed E-state index contributed by atoms with van der Waals surface area (Å²) in [6.07, 6.45) is 2.01. The van der Waals surface area contributed by atoms with Gasteiger partial charge in [0.15, 0.2) is 0 Å². The number of benzene rings is 3. The van der Waals surface area contributed by atoms with Crippen molar-refractivity contribution in [2.45, 2.75) is 63.7 Å². The summed E-state index contributed by atoms with van der Waals surface area (Å²) in [6, 6.07) is 31.9. The summed E-state index contributed by atoms with van der Waals surface area (Å²) >= 11 is 0. The molecule has 48 heavy (non-hydrogen) atoms. The molecule has 1 amide bonds. The highest BCUT2D eigenvalue weighted by Gasteiger charge is 2.15. The first kappa shape index (κ1) is 34.7. The maximum absolute atomic E-state index is 12.7. The van der Waals surface area contributed by atoms with Crippen LogP contribution in [0.1, 0.15) is 52.2 Å². The maximum atomic E-state index is 12.7. The number of pyridine rings is 1. The fraction of sp³-hybridized carbons (Fsp3) is 0.263. The molecule has 0 aliphatic carbocycles. The molecule has 0 aliphatic rings. The summed E-state index contributed by atoms with van der Waals surface area (Å²) in [5.41, 5.74) is 6.66. The highest BCUT2D eigenvalue weighted by atomic mass is 32.2. The van der Waals surface area contributed by atoms with E-state index in [2.05, 4.69) is 44.0 Å². The van der Waals surface area contributed by atoms with Gasteiger partial charge in [0.05, 0.1) is 17.4 Å². The number of hydrogen-bond acceptors (Lipinski definition) is 6. The SMILES string of the molecule is Cc1ccc(C)n1-c1ccc(C(O)CNC(C)Cc2cccc(CC(=O)NCc3ccc(S(=O)(=O)NCc4ccccc4)cc3)c2)cn1. The van der Waals surface area contributed by atoms with Crippen LogP contribution in [0, 0.1) is 13.8 Å². The first-order chi connectivity index (χ1) is 23.1. The summed E-state index contributed by atoms with van der Waals surface area (Å²) in [4.78, 5) is 17.5. The molecule has 250 valence electrons. The van der Waals surface area contributed by atoms with E-state index in [0.29, 0.717) is 13.1 Å². The third-order valence-electron chi connectivity index (χ3n) is 8.25. The smallest absolute Gasteiger partial charge is 0.240 e. The molecule has 2 atom stereocenters. The first-order valence-electron chi connectivity index (χ1n) is 16.1. The number of nitrogens with zero attached hydrogens (tertiary/aromatic N) is 2. The molecule has 0 saturated carbocycles. The molecule has 10 heteroatoms. The van der Waals surface area contributed by atoms with Crippen molar-refractivity contribution < 1.29 is 18.3 Å². The molecule has 5 rings (SSSR count). The van der Waals surface area contributed by atoms with Gasteiger partial charge in [0.2, 0.25) is 15.9 Å². The number of amides is 1. The van der Waals surface area contributed by atoms with Gasteiger partial charge >= 0.3 is 0 Å². The predicted octanol–water partition coefficient (Wildman–Crippen LogP) is 5.08. The molecule has 9 nitrogen and oxygen atoms in total. The Labute approximate surface area is 283 Å². The van der Waals surface area contributed by atoms with Crippen LogP contribution < -0.4 is 15.4 Å². The number of hydrogen-bond donors (Lipinski definition) is 4. The van der Waals surface area contributed by atoms with Crippen LogP contribution in [0.4, 0.5) is 0 Å². The molecule has 0 fully saturated rings. The second kappa shape index (κ2) is 16.0. The minimum Gasteiger partial charge on any atom is -0.387 e. The summed E-state index contributed by atoms with van der Waals surface area (Å²) in [6.45, 7) is 7.05. The van der Waals surface area contributed by atoms with E-state index >= 15 is 0 Å². The van der Waals surface area contributed by atoms with Crippen LogP contribution in [-0.4, -0.2) is 41.6 Å². The molecule has 3 aromatic carbocycles. The first-order valence-corrected chi connectivity index (χ1v) is 17.6. The van der Waals surface area contributed by atoms with Gasteiger partial charge in [-0.05, 0) is 79.8 Å². The Morgan fingerprint density at radius 2 is 1.48 bits per heavy atom. The minimum atomic E-state index is -3.65. The van der Waals surface area contributed by atoms with Gasteiger partial charge in [0, 0.05) is 48.8 Å². The molecular formula is C38H43N5O4S. The molecule has 2 heterocycles. The van der Waals surface area contributed by atoms with Crippen LogP contribution in [0.5, 0.6) is 0 Å². The molecule has 0 radical (unpaired) electrons. The van der Waals surface area contributed by atoms with Crippen molar-refractivity contribution in [3.8, 4) is 5.82 Å². The van der Waals surface area contributed by atoms with Crippen molar-refractivity contribution in [2.75, 3.05) is 6.54 Å². The number of aliphatic hydroxyl groups excluding tert-OH is 1. The van der Waals surface area contributed by atoms with Crippen LogP contribution in [0.2, 0.25) is 0 Å². The fourth-order valence-electron chi connectivity index (χ4n) is 5.57. The van der Waals surface area contributed by atoms with Crippen LogP contribution in [0.15, 0.2) is 114 Å². The fourth-order valence-corrected chi connectivity index (χ4v) is 6.59. The summed E-state index contributed by atoms with van der Waals surface area (Å²) < 4.78 is 30.0. The highest BCUT2D eigenvalue weighted by molar-refractivity contribution is 7.89. The monoisotopic (exact) mass is 665 g/mol. The van der Waals surface area contributed by atoms with Gasteiger partial charge in [-0.3, -0.25) is 4.79 Å². The number of carbonyl (C=O) groups is 1. The number of sulfonamides is 1. The molecule has 4 N–H and O–H groups in total. The van der Waals surface area contributed by atoms with Crippen molar-refractivity contribution in [3.05, 3.63) is 149 Å². The Kier molecular flexibility index (Phi) is 11.6. The lowest BCUT2D eigenvalue weighted by Gasteiger charge is -2.18. The van der Waals surface area contributed by atoms with Crippen molar-refractivity contribution in [1.29, 1.82) is 0 Å². The standard InChI is InChI=1S/C38H43N5O4S/c1-27(39-26-36(44)34-16-19-37(40-25-34)43-28(2)12-13-29(43)3)20-32-10-7-11-33(21-32)22-38(45)41-23-31-14-17-35(18-15-31)48(46,47)42-24-30-8-5-4-6-9-30/h4-19,21,25,27,36,39,42,44H,20,22-24,26H2,1-3H3,(H,41,45). The van der Waals surface area contributed by atoms with Crippen molar-refractivity contribution in [3.63, 3.8) is 0 Å². The van der Waals surface area contributed by atoms with Crippen LogP contribution >= 0.6 is 0 Å². The van der Waals surface area contributed by atoms with E-state index in [1.807, 2.05) is 80.6 Å². The molecule has 2 aromatic heterocycles. The van der Waals surface area contributed by atoms with E-state index in [-0.39, 0.29) is 29.8 Å². The van der Waals surface area contributed by atoms with Crippen molar-refractivity contribution in [2.24, 2.45) is 0 Å². The van der Waals surface area contributed by atoms with Gasteiger partial charge in [-0.15, -0.1) is 0 Å². The number of aliphatic hydroxyl groups is 1. The van der Waals surface area contributed by atoms with Crippen LogP contribution in [0.3, 0.4) is 0 Å². The van der Waals surface area contributed by atoms with Gasteiger partial charge in [-0.1, -0.05) is 72.8 Å². The lowest BCUT2D eigenvalue weighted by molar-refractivity contribution is -0.120. The van der Waals surface area contributed by atoms with E-state index < -0.39 is 16.1 Å². The summed E-state index contributed by atoms with van der Waals surface area (Å²) in [7, 11) is -3.65. The maximum Gasteiger partial charge on any atom is 0.240 e. The minimum absolute atomic E-state index is 0.0986. The Morgan fingerprint density at radius 1 is 0.812 bits per heavy atom. The topological polar surface area (TPSA) is 125 Å². The molecule has 0 aliphatic heterocycles. The summed E-state index contributed by atoms with van der Waals surface area (Å²) in [5.74, 6) is 0.708. The zero-order valence-electron chi connectivity index (χ0n) is 27.6. The Morgan fingerprint density at radius 3 is 2.17 bits per heavy atom. The Bertz CT molecular complexity index is 1890. The lowest BCUT2D eigenvalue weighted by atomic mass is 10.0. The zero-order valence-corrected chi connectivity index (χ0v) is 28.4. The quantitative estimate of drug-likeness (QED) is 0.124. The third kappa shape index (κ3) is 9.48. The summed E-state index contributed by atoms with van der Waals surface area (Å²) in [5, 5.41) is 17.1. The number of rotatable bonds is 15. The molecule has 2 unspecified atom stereocenters. The normalized spacial score (nSPS) is 12.8. The zero-order chi connectivity index (χ0) is 34.1. The van der Waals surface area contributed by atoms with Gasteiger partial charge < -0.3 is 20.3 Å². The second-order valence-electron chi connectivity index (χ2n) is 12.2. The number of carbonyl (C=O) groups excluding carboxylic acids is 1. The third-order valence-corrected chi connectivity index (χ3v) is 9.66. The van der Waals surface area contributed by atoms with E-state index in [0.717, 1.165) is 51.4 Å². The number of aromatic nitrogens is 2. The average Bonchev–Trinajstić information content (AvgIpc) is 3.43. The van der Waals surface area contributed by atoms with Crippen LogP contribution in [0.25, 0.3) is 5.82 Å². The van der Waals surface area contributed by atoms with Crippen molar-refractivity contribution in [1.82, 2.24) is 24.9 Å². The van der Waals surface area contributed by atoms with E-state index in [9.17, 15) is 18.3 Å². The van der Waals surface area contributed by atoms with Gasteiger partial charge in [-0.25, -0.2) is 18.1 Å². The highest BCUT2D eigenvalue weighted by Crippen LogP contribution is 2.18. The van der Waals surface area contributed by atoms with Gasteiger partial charge in [-0.2, -0.15) is 0 Å². The number of nitrogens with one attached hydrogen (secondary N) is 3. The largest absolute Gasteiger partial charge is 0.387 e. The second-order valence-corrected chi connectivity index (χ2v) is 13.9. The van der Waals surface area contributed by atoms with Gasteiger partial charge in [0.1, 0.15) is 5.82 Å². The molecule has 5 aromatic rings. The molecular weight excluding hydrogens is 623 g/mol. The number of aryl methyl sites for hydroxylation is 2. The predicted molar refractivity (Wildman–Crippen MR) is 188 cm³/mol. The molecule has 0 saturated heterocycles. The van der Waals surface area contributed by atoms with Gasteiger partial charge in [0.25, 0.3) is 0 Å². The lowest BCUT2D eigenvalue weighted by Crippen LogP contribution is -2.32. The molecule has 0 spiro atoms.